The van der Waals surface area contributed by atoms with Crippen LogP contribution in [-0.4, -0.2) is 48.2 Å². The van der Waals surface area contributed by atoms with Crippen LogP contribution in [0.15, 0.2) is 12.3 Å². The Kier molecular flexibility index (Phi) is 6.77. The first-order valence-corrected chi connectivity index (χ1v) is 8.50. The van der Waals surface area contributed by atoms with Gasteiger partial charge in [0.1, 0.15) is 11.6 Å². The van der Waals surface area contributed by atoms with Gasteiger partial charge in [-0.1, -0.05) is 0 Å². The van der Waals surface area contributed by atoms with Crippen LogP contribution in [0, 0.1) is 12.8 Å². The van der Waals surface area contributed by atoms with Gasteiger partial charge in [-0.2, -0.15) is 0 Å². The number of amides is 1. The Balaban J connectivity index is 1.68. The van der Waals surface area contributed by atoms with Gasteiger partial charge < -0.3 is 15.0 Å². The molecule has 128 valence electrons. The Morgan fingerprint density at radius 2 is 2.17 bits per heavy atom. The lowest BCUT2D eigenvalue weighted by molar-refractivity contribution is -0.125. The zero-order chi connectivity index (χ0) is 16.7. The van der Waals surface area contributed by atoms with Gasteiger partial charge in [0.15, 0.2) is 0 Å². The lowest BCUT2D eigenvalue weighted by Crippen LogP contribution is -2.41. The molecule has 0 aliphatic carbocycles. The second-order valence-corrected chi connectivity index (χ2v) is 6.29. The lowest BCUT2D eigenvalue weighted by atomic mass is 9.96. The number of ether oxygens (including phenoxy) is 1. The molecule has 2 rings (SSSR count). The van der Waals surface area contributed by atoms with E-state index >= 15 is 0 Å². The summed E-state index contributed by atoms with van der Waals surface area (Å²) in [6, 6.07) is 1.93. The molecule has 2 heterocycles. The standard InChI is InChI=1S/C17H28N4O2/c1-13(2)23-12-4-8-19-17(22)15-6-10-21(11-7-15)16-5-9-18-14(3)20-16/h5,9,13,15H,4,6-8,10-12H2,1-3H3,(H,19,22). The number of aromatic nitrogens is 2. The number of carbonyl (C=O) groups is 1. The molecule has 0 spiro atoms. The fraction of sp³-hybridized carbons (Fsp3) is 0.706. The van der Waals surface area contributed by atoms with Crippen molar-refractivity contribution in [1.29, 1.82) is 0 Å². The smallest absolute Gasteiger partial charge is 0.223 e. The molecular formula is C17H28N4O2. The van der Waals surface area contributed by atoms with E-state index in [9.17, 15) is 4.79 Å². The Morgan fingerprint density at radius 1 is 1.43 bits per heavy atom. The van der Waals surface area contributed by atoms with E-state index in [1.54, 1.807) is 6.20 Å². The van der Waals surface area contributed by atoms with Gasteiger partial charge in [-0.05, 0) is 46.1 Å². The topological polar surface area (TPSA) is 67.4 Å². The van der Waals surface area contributed by atoms with Crippen molar-refractivity contribution in [3.8, 4) is 0 Å². The fourth-order valence-corrected chi connectivity index (χ4v) is 2.74. The van der Waals surface area contributed by atoms with Gasteiger partial charge in [-0.25, -0.2) is 9.97 Å². The summed E-state index contributed by atoms with van der Waals surface area (Å²) in [7, 11) is 0. The molecular weight excluding hydrogens is 292 g/mol. The highest BCUT2D eigenvalue weighted by atomic mass is 16.5. The molecule has 0 radical (unpaired) electrons. The molecule has 1 saturated heterocycles. The third kappa shape index (κ3) is 5.78. The molecule has 0 bridgehead atoms. The first-order chi connectivity index (χ1) is 11.1. The van der Waals surface area contributed by atoms with Crippen LogP contribution in [0.4, 0.5) is 5.82 Å². The van der Waals surface area contributed by atoms with E-state index in [0.29, 0.717) is 13.2 Å². The van der Waals surface area contributed by atoms with Crippen LogP contribution in [0.25, 0.3) is 0 Å². The third-order valence-electron chi connectivity index (χ3n) is 4.02. The van der Waals surface area contributed by atoms with Crippen LogP contribution in [0.3, 0.4) is 0 Å². The first kappa shape index (κ1) is 17.7. The molecule has 23 heavy (non-hydrogen) atoms. The van der Waals surface area contributed by atoms with Crippen molar-refractivity contribution < 1.29 is 9.53 Å². The lowest BCUT2D eigenvalue weighted by Gasteiger charge is -2.32. The van der Waals surface area contributed by atoms with E-state index in [-0.39, 0.29) is 17.9 Å². The molecule has 1 N–H and O–H groups in total. The van der Waals surface area contributed by atoms with Crippen molar-refractivity contribution in [2.45, 2.75) is 46.1 Å². The molecule has 1 fully saturated rings. The molecule has 6 heteroatoms. The van der Waals surface area contributed by atoms with Crippen molar-refractivity contribution >= 4 is 11.7 Å². The van der Waals surface area contributed by atoms with Gasteiger partial charge in [0, 0.05) is 38.4 Å². The number of carbonyl (C=O) groups excluding carboxylic acids is 1. The summed E-state index contributed by atoms with van der Waals surface area (Å²) in [6.45, 7) is 9.06. The van der Waals surface area contributed by atoms with E-state index in [2.05, 4.69) is 20.2 Å². The van der Waals surface area contributed by atoms with Crippen LogP contribution in [0.1, 0.15) is 38.9 Å². The number of nitrogens with zero attached hydrogens (tertiary/aromatic N) is 3. The second kappa shape index (κ2) is 8.82. The maximum absolute atomic E-state index is 12.2. The number of piperidine rings is 1. The number of rotatable bonds is 7. The zero-order valence-corrected chi connectivity index (χ0v) is 14.4. The minimum Gasteiger partial charge on any atom is -0.379 e. The number of anilines is 1. The molecule has 0 unspecified atom stereocenters. The average Bonchev–Trinajstić information content (AvgIpc) is 2.54. The summed E-state index contributed by atoms with van der Waals surface area (Å²) in [4.78, 5) is 23.0. The minimum atomic E-state index is 0.111. The highest BCUT2D eigenvalue weighted by Gasteiger charge is 2.25. The van der Waals surface area contributed by atoms with Crippen LogP contribution >= 0.6 is 0 Å². The van der Waals surface area contributed by atoms with Gasteiger partial charge >= 0.3 is 0 Å². The van der Waals surface area contributed by atoms with Crippen molar-refractivity contribution in [2.75, 3.05) is 31.1 Å². The van der Waals surface area contributed by atoms with Crippen molar-refractivity contribution in [1.82, 2.24) is 15.3 Å². The molecule has 1 amide bonds. The Bertz CT molecular complexity index is 499. The van der Waals surface area contributed by atoms with E-state index in [4.69, 9.17) is 4.74 Å². The van der Waals surface area contributed by atoms with Gasteiger partial charge in [-0.15, -0.1) is 0 Å². The van der Waals surface area contributed by atoms with Gasteiger partial charge in [0.2, 0.25) is 5.91 Å². The summed E-state index contributed by atoms with van der Waals surface area (Å²) in [5, 5.41) is 3.03. The normalized spacial score (nSPS) is 15.9. The SMILES string of the molecule is Cc1nccc(N2CCC(C(=O)NCCCOC(C)C)CC2)n1. The number of aryl methyl sites for hydroxylation is 1. The zero-order valence-electron chi connectivity index (χ0n) is 14.4. The van der Waals surface area contributed by atoms with E-state index < -0.39 is 0 Å². The average molecular weight is 320 g/mol. The molecule has 0 aromatic carbocycles. The van der Waals surface area contributed by atoms with Crippen molar-refractivity contribution in [2.24, 2.45) is 5.92 Å². The van der Waals surface area contributed by atoms with Crippen LogP contribution in [-0.2, 0) is 9.53 Å². The first-order valence-electron chi connectivity index (χ1n) is 8.50. The predicted octanol–water partition coefficient (Wildman–Crippen LogP) is 1.93. The predicted molar refractivity (Wildman–Crippen MR) is 90.4 cm³/mol. The molecule has 0 atom stereocenters. The van der Waals surface area contributed by atoms with Gasteiger partial charge in [0.05, 0.1) is 6.10 Å². The highest BCUT2D eigenvalue weighted by Crippen LogP contribution is 2.21. The molecule has 1 aromatic rings. The van der Waals surface area contributed by atoms with Crippen molar-refractivity contribution in [3.05, 3.63) is 18.1 Å². The molecule has 1 aliphatic rings. The largest absolute Gasteiger partial charge is 0.379 e. The van der Waals surface area contributed by atoms with E-state index in [0.717, 1.165) is 44.0 Å². The van der Waals surface area contributed by atoms with E-state index in [1.807, 2.05) is 26.8 Å². The Hall–Kier alpha value is -1.69. The van der Waals surface area contributed by atoms with Crippen LogP contribution in [0.2, 0.25) is 0 Å². The Morgan fingerprint density at radius 3 is 2.83 bits per heavy atom. The summed E-state index contributed by atoms with van der Waals surface area (Å²) in [5.41, 5.74) is 0. The highest BCUT2D eigenvalue weighted by molar-refractivity contribution is 5.78. The number of hydrogen-bond acceptors (Lipinski definition) is 5. The monoisotopic (exact) mass is 320 g/mol. The third-order valence-corrected chi connectivity index (χ3v) is 4.02. The fourth-order valence-electron chi connectivity index (χ4n) is 2.74. The minimum absolute atomic E-state index is 0.111. The molecule has 0 saturated carbocycles. The summed E-state index contributed by atoms with van der Waals surface area (Å²) >= 11 is 0. The van der Waals surface area contributed by atoms with Crippen molar-refractivity contribution in [3.63, 3.8) is 0 Å². The van der Waals surface area contributed by atoms with Gasteiger partial charge in [-0.3, -0.25) is 4.79 Å². The maximum atomic E-state index is 12.2. The molecule has 1 aromatic heterocycles. The maximum Gasteiger partial charge on any atom is 0.223 e. The summed E-state index contributed by atoms with van der Waals surface area (Å²) in [5.74, 6) is 2.03. The second-order valence-electron chi connectivity index (χ2n) is 6.29. The summed E-state index contributed by atoms with van der Waals surface area (Å²) < 4.78 is 5.47. The van der Waals surface area contributed by atoms with Crippen LogP contribution in [0.5, 0.6) is 0 Å². The Labute approximate surface area is 138 Å². The quantitative estimate of drug-likeness (QED) is 0.778. The van der Waals surface area contributed by atoms with Gasteiger partial charge in [0.25, 0.3) is 0 Å². The van der Waals surface area contributed by atoms with E-state index in [1.165, 1.54) is 0 Å². The van der Waals surface area contributed by atoms with Crippen LogP contribution < -0.4 is 10.2 Å². The molecule has 1 aliphatic heterocycles. The summed E-state index contributed by atoms with van der Waals surface area (Å²) in [6.07, 6.45) is 4.65. The number of nitrogens with one attached hydrogen (secondary N) is 1. The molecule has 6 nitrogen and oxygen atoms in total. The number of hydrogen-bond donors (Lipinski definition) is 1.